The number of aromatic nitrogens is 3. The van der Waals surface area contributed by atoms with Gasteiger partial charge in [-0.25, -0.2) is 14.6 Å². The van der Waals surface area contributed by atoms with Crippen molar-refractivity contribution in [3.05, 3.63) is 27.8 Å². The van der Waals surface area contributed by atoms with Crippen LogP contribution in [-0.2, 0) is 4.74 Å². The van der Waals surface area contributed by atoms with Crippen molar-refractivity contribution in [3.63, 3.8) is 0 Å². The second kappa shape index (κ2) is 5.81. The zero-order valence-corrected chi connectivity index (χ0v) is 14.9. The first-order chi connectivity index (χ1) is 11.2. The van der Waals surface area contributed by atoms with E-state index in [9.17, 15) is 9.59 Å². The number of pyridine rings is 1. The second-order valence-corrected chi connectivity index (χ2v) is 7.56. The Labute approximate surface area is 144 Å². The first kappa shape index (κ1) is 16.8. The highest BCUT2D eigenvalue weighted by molar-refractivity contribution is 6.29. The number of amides is 1. The fourth-order valence-corrected chi connectivity index (χ4v) is 3.03. The van der Waals surface area contributed by atoms with Crippen molar-refractivity contribution >= 4 is 28.9 Å². The van der Waals surface area contributed by atoms with Crippen LogP contribution in [0.15, 0.2) is 16.9 Å². The van der Waals surface area contributed by atoms with E-state index in [1.54, 1.807) is 28.6 Å². The summed E-state index contributed by atoms with van der Waals surface area (Å²) in [6.45, 7) is 5.51. The van der Waals surface area contributed by atoms with Gasteiger partial charge in [-0.15, -0.1) is 0 Å². The van der Waals surface area contributed by atoms with Crippen LogP contribution < -0.4 is 5.69 Å². The van der Waals surface area contributed by atoms with Gasteiger partial charge in [0.2, 0.25) is 0 Å². The minimum Gasteiger partial charge on any atom is -0.444 e. The molecular weight excluding hydrogens is 332 g/mol. The highest BCUT2D eigenvalue weighted by Gasteiger charge is 2.38. The van der Waals surface area contributed by atoms with Crippen molar-refractivity contribution in [2.24, 2.45) is 0 Å². The van der Waals surface area contributed by atoms with Crippen LogP contribution in [0, 0.1) is 0 Å². The van der Waals surface area contributed by atoms with E-state index < -0.39 is 5.60 Å². The van der Waals surface area contributed by atoms with Crippen molar-refractivity contribution in [2.45, 2.75) is 51.3 Å². The van der Waals surface area contributed by atoms with Crippen LogP contribution in [0.4, 0.5) is 4.79 Å². The first-order valence-electron chi connectivity index (χ1n) is 7.88. The van der Waals surface area contributed by atoms with E-state index in [-0.39, 0.29) is 23.9 Å². The number of nitrogens with one attached hydrogen (secondary N) is 1. The molecule has 0 unspecified atom stereocenters. The number of imidazole rings is 1. The lowest BCUT2D eigenvalue weighted by Gasteiger charge is -2.41. The topological polar surface area (TPSA) is 80.2 Å². The summed E-state index contributed by atoms with van der Waals surface area (Å²) in [5.74, 6) is 0. The molecule has 0 aliphatic heterocycles. The maximum atomic E-state index is 12.2. The maximum Gasteiger partial charge on any atom is 0.410 e. The molecule has 1 amide bonds. The number of ether oxygens (including phenoxy) is 1. The average molecular weight is 353 g/mol. The molecule has 0 saturated heterocycles. The Bertz CT molecular complexity index is 830. The van der Waals surface area contributed by atoms with Gasteiger partial charge in [0.1, 0.15) is 10.8 Å². The van der Waals surface area contributed by atoms with Crippen molar-refractivity contribution in [3.8, 4) is 0 Å². The van der Waals surface area contributed by atoms with E-state index in [0.717, 1.165) is 0 Å². The Kier molecular flexibility index (Phi) is 4.07. The number of carbonyl (C=O) groups is 1. The number of H-pyrrole nitrogens is 1. The zero-order valence-electron chi connectivity index (χ0n) is 14.2. The molecule has 0 radical (unpaired) electrons. The number of rotatable bonds is 2. The summed E-state index contributed by atoms with van der Waals surface area (Å²) in [6.07, 6.45) is 1.01. The molecule has 0 bridgehead atoms. The molecule has 1 N–H and O–H groups in total. The summed E-state index contributed by atoms with van der Waals surface area (Å²) in [4.78, 5) is 32.9. The fourth-order valence-electron chi connectivity index (χ4n) is 2.89. The van der Waals surface area contributed by atoms with Crippen LogP contribution in [-0.4, -0.2) is 44.2 Å². The lowest BCUT2D eigenvalue weighted by Crippen LogP contribution is -2.49. The van der Waals surface area contributed by atoms with Crippen molar-refractivity contribution < 1.29 is 9.53 Å². The van der Waals surface area contributed by atoms with E-state index in [1.165, 1.54) is 0 Å². The van der Waals surface area contributed by atoms with Gasteiger partial charge in [0.15, 0.2) is 5.65 Å². The number of hydrogen-bond acceptors (Lipinski definition) is 4. The number of nitrogens with zero attached hydrogens (tertiary/aromatic N) is 3. The van der Waals surface area contributed by atoms with Crippen molar-refractivity contribution in [2.75, 3.05) is 7.05 Å². The van der Waals surface area contributed by atoms with Gasteiger partial charge in [0, 0.05) is 19.1 Å². The van der Waals surface area contributed by atoms with Gasteiger partial charge in [0.05, 0.1) is 5.52 Å². The summed E-state index contributed by atoms with van der Waals surface area (Å²) >= 11 is 5.94. The van der Waals surface area contributed by atoms with Gasteiger partial charge in [-0.3, -0.25) is 4.57 Å². The third-order valence-corrected chi connectivity index (χ3v) is 4.42. The molecule has 2 heterocycles. The molecule has 130 valence electrons. The van der Waals surface area contributed by atoms with E-state index in [4.69, 9.17) is 16.3 Å². The van der Waals surface area contributed by atoms with E-state index in [1.807, 2.05) is 20.8 Å². The molecule has 1 aliphatic carbocycles. The number of carbonyl (C=O) groups excluding carboxylic acids is 1. The first-order valence-corrected chi connectivity index (χ1v) is 8.26. The van der Waals surface area contributed by atoms with Gasteiger partial charge in [-0.1, -0.05) is 11.6 Å². The van der Waals surface area contributed by atoms with Gasteiger partial charge in [-0.2, -0.15) is 0 Å². The smallest absolute Gasteiger partial charge is 0.410 e. The molecular formula is C16H21ClN4O3. The van der Waals surface area contributed by atoms with Crippen LogP contribution in [0.3, 0.4) is 0 Å². The van der Waals surface area contributed by atoms with Gasteiger partial charge in [-0.05, 0) is 45.7 Å². The Morgan fingerprint density at radius 3 is 2.71 bits per heavy atom. The summed E-state index contributed by atoms with van der Waals surface area (Å²) in [5, 5.41) is 0.344. The average Bonchev–Trinajstić information content (AvgIpc) is 2.71. The third kappa shape index (κ3) is 3.13. The Morgan fingerprint density at radius 2 is 2.08 bits per heavy atom. The van der Waals surface area contributed by atoms with Gasteiger partial charge >= 0.3 is 11.8 Å². The molecule has 1 fully saturated rings. The van der Waals surface area contributed by atoms with Crippen molar-refractivity contribution in [1.82, 2.24) is 19.4 Å². The summed E-state index contributed by atoms with van der Waals surface area (Å²) in [7, 11) is 1.72. The second-order valence-electron chi connectivity index (χ2n) is 7.18. The van der Waals surface area contributed by atoms with Crippen molar-refractivity contribution in [1.29, 1.82) is 0 Å². The van der Waals surface area contributed by atoms with E-state index in [2.05, 4.69) is 9.97 Å². The predicted octanol–water partition coefficient (Wildman–Crippen LogP) is 2.95. The van der Waals surface area contributed by atoms with Gasteiger partial charge in [0.25, 0.3) is 0 Å². The normalized spacial score (nSPS) is 20.7. The van der Waals surface area contributed by atoms with Crippen LogP contribution in [0.2, 0.25) is 5.15 Å². The molecule has 24 heavy (non-hydrogen) atoms. The predicted molar refractivity (Wildman–Crippen MR) is 91.4 cm³/mol. The molecule has 7 nitrogen and oxygen atoms in total. The van der Waals surface area contributed by atoms with Crippen LogP contribution in [0.5, 0.6) is 0 Å². The summed E-state index contributed by atoms with van der Waals surface area (Å²) in [5.41, 5.74) is 0.482. The summed E-state index contributed by atoms with van der Waals surface area (Å²) in [6, 6.07) is 3.42. The molecule has 2 aromatic heterocycles. The Morgan fingerprint density at radius 1 is 1.42 bits per heavy atom. The monoisotopic (exact) mass is 352 g/mol. The highest BCUT2D eigenvalue weighted by atomic mass is 35.5. The minimum absolute atomic E-state index is 0.00731. The van der Waals surface area contributed by atoms with E-state index in [0.29, 0.717) is 29.2 Å². The highest BCUT2D eigenvalue weighted by Crippen LogP contribution is 2.36. The Balaban J connectivity index is 1.73. The molecule has 8 heteroatoms. The minimum atomic E-state index is -0.525. The zero-order chi connectivity index (χ0) is 17.6. The molecule has 0 atom stereocenters. The molecule has 3 rings (SSSR count). The largest absolute Gasteiger partial charge is 0.444 e. The molecule has 1 saturated carbocycles. The fraction of sp³-hybridized carbons (Fsp3) is 0.562. The standard InChI is InChI=1S/C16H21ClN4O3/c1-16(2,3)24-15(23)20(4)9-7-10(8-9)21-13-11(18-14(21)22)5-6-12(17)19-13/h5-6,9-10H,7-8H2,1-4H3,(H,18,22). The number of fused-ring (bicyclic) bond motifs is 1. The quantitative estimate of drug-likeness (QED) is 0.842. The Hall–Kier alpha value is -2.02. The van der Waals surface area contributed by atoms with Crippen LogP contribution in [0.1, 0.15) is 39.7 Å². The third-order valence-electron chi connectivity index (χ3n) is 4.21. The molecule has 0 aromatic carbocycles. The van der Waals surface area contributed by atoms with Gasteiger partial charge < -0.3 is 14.6 Å². The lowest BCUT2D eigenvalue weighted by atomic mass is 9.85. The molecule has 2 aromatic rings. The number of hydrogen-bond donors (Lipinski definition) is 1. The summed E-state index contributed by atoms with van der Waals surface area (Å²) < 4.78 is 7.00. The van der Waals surface area contributed by atoms with Crippen LogP contribution in [0.25, 0.3) is 11.2 Å². The number of halogens is 1. The van der Waals surface area contributed by atoms with E-state index >= 15 is 0 Å². The maximum absolute atomic E-state index is 12.2. The number of aromatic amines is 1. The molecule has 0 spiro atoms. The molecule has 1 aliphatic rings. The SMILES string of the molecule is CN(C(=O)OC(C)(C)C)C1CC(n2c(=O)[nH]c3ccc(Cl)nc32)C1. The lowest BCUT2D eigenvalue weighted by molar-refractivity contribution is 0.00786. The van der Waals surface area contributed by atoms with Crippen LogP contribution >= 0.6 is 11.6 Å².